The summed E-state index contributed by atoms with van der Waals surface area (Å²) < 4.78 is 0. The number of halogens is 1. The molecule has 0 aliphatic carbocycles. The first kappa shape index (κ1) is 14.6. The molecule has 0 aliphatic heterocycles. The van der Waals surface area contributed by atoms with Crippen molar-refractivity contribution in [1.82, 2.24) is 9.97 Å². The Labute approximate surface area is 124 Å². The first-order valence-corrected chi connectivity index (χ1v) is 7.03. The van der Waals surface area contributed by atoms with Gasteiger partial charge in [0.15, 0.2) is 0 Å². The van der Waals surface area contributed by atoms with Gasteiger partial charge in [0.1, 0.15) is 5.82 Å². The van der Waals surface area contributed by atoms with Crippen LogP contribution in [0.15, 0.2) is 30.3 Å². The average Bonchev–Trinajstić information content (AvgIpc) is 2.35. The molecular formula is C15H19ClN4. The van der Waals surface area contributed by atoms with Crippen molar-refractivity contribution in [3.05, 3.63) is 41.0 Å². The second-order valence-electron chi connectivity index (χ2n) is 5.13. The van der Waals surface area contributed by atoms with Crippen molar-refractivity contribution in [3.8, 4) is 0 Å². The van der Waals surface area contributed by atoms with Gasteiger partial charge in [-0.3, -0.25) is 0 Å². The number of aromatic nitrogens is 2. The molecule has 0 saturated heterocycles. The van der Waals surface area contributed by atoms with E-state index >= 15 is 0 Å². The van der Waals surface area contributed by atoms with Crippen LogP contribution in [-0.2, 0) is 0 Å². The molecule has 2 aromatic rings. The van der Waals surface area contributed by atoms with Crippen molar-refractivity contribution in [3.63, 3.8) is 0 Å². The predicted octanol–water partition coefficient (Wildman–Crippen LogP) is 4.25. The van der Waals surface area contributed by atoms with Crippen LogP contribution in [0, 0.1) is 12.8 Å². The monoisotopic (exact) mass is 290 g/mol. The lowest BCUT2D eigenvalue weighted by molar-refractivity contribution is 0.684. The Balaban J connectivity index is 2.15. The Bertz CT molecular complexity index is 584. The lowest BCUT2D eigenvalue weighted by atomic mass is 10.2. The lowest BCUT2D eigenvalue weighted by Gasteiger charge is -2.11. The molecule has 0 radical (unpaired) electrons. The van der Waals surface area contributed by atoms with Gasteiger partial charge in [-0.2, -0.15) is 4.98 Å². The van der Waals surface area contributed by atoms with Gasteiger partial charge < -0.3 is 10.6 Å². The summed E-state index contributed by atoms with van der Waals surface area (Å²) in [6.45, 7) is 7.09. The van der Waals surface area contributed by atoms with Crippen molar-refractivity contribution in [2.75, 3.05) is 17.2 Å². The van der Waals surface area contributed by atoms with Crippen LogP contribution in [-0.4, -0.2) is 16.5 Å². The maximum absolute atomic E-state index is 5.97. The molecule has 1 heterocycles. The van der Waals surface area contributed by atoms with E-state index in [0.717, 1.165) is 23.7 Å². The van der Waals surface area contributed by atoms with E-state index in [1.807, 2.05) is 37.3 Å². The SMILES string of the molecule is Cc1cc(Nc2cccc(Cl)c2)nc(NCC(C)C)n1. The van der Waals surface area contributed by atoms with Gasteiger partial charge in [-0.25, -0.2) is 4.98 Å². The molecule has 0 amide bonds. The summed E-state index contributed by atoms with van der Waals surface area (Å²) >= 11 is 5.97. The fraction of sp³-hybridized carbons (Fsp3) is 0.333. The molecule has 2 rings (SSSR count). The van der Waals surface area contributed by atoms with Crippen LogP contribution in [0.2, 0.25) is 5.02 Å². The van der Waals surface area contributed by atoms with Crippen LogP contribution in [0.5, 0.6) is 0 Å². The van der Waals surface area contributed by atoms with Crippen molar-refractivity contribution < 1.29 is 0 Å². The molecule has 4 nitrogen and oxygen atoms in total. The minimum Gasteiger partial charge on any atom is -0.354 e. The van der Waals surface area contributed by atoms with Gasteiger partial charge in [-0.1, -0.05) is 31.5 Å². The molecule has 20 heavy (non-hydrogen) atoms. The van der Waals surface area contributed by atoms with E-state index in [0.29, 0.717) is 16.9 Å². The number of benzene rings is 1. The van der Waals surface area contributed by atoms with Crippen LogP contribution in [0.3, 0.4) is 0 Å². The number of rotatable bonds is 5. The minimum absolute atomic E-state index is 0.545. The lowest BCUT2D eigenvalue weighted by Crippen LogP contribution is -2.11. The zero-order valence-electron chi connectivity index (χ0n) is 11.9. The standard InChI is InChI=1S/C15H19ClN4/c1-10(2)9-17-15-18-11(3)7-14(20-15)19-13-6-4-5-12(16)8-13/h4-8,10H,9H2,1-3H3,(H2,17,18,19,20). The van der Waals surface area contributed by atoms with E-state index in [1.54, 1.807) is 0 Å². The smallest absolute Gasteiger partial charge is 0.224 e. The Morgan fingerprint density at radius 1 is 1.20 bits per heavy atom. The van der Waals surface area contributed by atoms with E-state index in [2.05, 4.69) is 34.4 Å². The van der Waals surface area contributed by atoms with Gasteiger partial charge >= 0.3 is 0 Å². The van der Waals surface area contributed by atoms with Crippen LogP contribution in [0.25, 0.3) is 0 Å². The largest absolute Gasteiger partial charge is 0.354 e. The summed E-state index contributed by atoms with van der Waals surface area (Å²) in [7, 11) is 0. The molecule has 0 bridgehead atoms. The minimum atomic E-state index is 0.545. The molecule has 0 fully saturated rings. The number of anilines is 3. The molecule has 1 aromatic carbocycles. The van der Waals surface area contributed by atoms with E-state index in [9.17, 15) is 0 Å². The Morgan fingerprint density at radius 3 is 2.70 bits per heavy atom. The van der Waals surface area contributed by atoms with Crippen molar-refractivity contribution in [2.45, 2.75) is 20.8 Å². The van der Waals surface area contributed by atoms with Crippen molar-refractivity contribution in [2.24, 2.45) is 5.92 Å². The molecule has 2 N–H and O–H groups in total. The Kier molecular flexibility index (Phi) is 4.79. The first-order chi connectivity index (χ1) is 9.52. The van der Waals surface area contributed by atoms with E-state index in [4.69, 9.17) is 11.6 Å². The Hall–Kier alpha value is -1.81. The summed E-state index contributed by atoms with van der Waals surface area (Å²) in [5.41, 5.74) is 1.82. The van der Waals surface area contributed by atoms with E-state index < -0.39 is 0 Å². The highest BCUT2D eigenvalue weighted by molar-refractivity contribution is 6.30. The van der Waals surface area contributed by atoms with Gasteiger partial charge in [0.25, 0.3) is 0 Å². The van der Waals surface area contributed by atoms with Gasteiger partial charge in [-0.05, 0) is 31.0 Å². The highest BCUT2D eigenvalue weighted by Crippen LogP contribution is 2.20. The molecule has 0 unspecified atom stereocenters. The molecule has 0 atom stereocenters. The fourth-order valence-corrected chi connectivity index (χ4v) is 1.91. The summed E-state index contributed by atoms with van der Waals surface area (Å²) in [6.07, 6.45) is 0. The third kappa shape index (κ3) is 4.38. The van der Waals surface area contributed by atoms with Gasteiger partial charge in [0.05, 0.1) is 0 Å². The van der Waals surface area contributed by atoms with Gasteiger partial charge in [0.2, 0.25) is 5.95 Å². The fourth-order valence-electron chi connectivity index (χ4n) is 1.72. The summed E-state index contributed by atoms with van der Waals surface area (Å²) in [4.78, 5) is 8.83. The van der Waals surface area contributed by atoms with E-state index in [-0.39, 0.29) is 0 Å². The molecule has 0 saturated carbocycles. The summed E-state index contributed by atoms with van der Waals surface area (Å²) in [5, 5.41) is 7.17. The zero-order valence-corrected chi connectivity index (χ0v) is 12.7. The quantitative estimate of drug-likeness (QED) is 0.864. The maximum atomic E-state index is 5.97. The molecule has 106 valence electrons. The van der Waals surface area contributed by atoms with Crippen molar-refractivity contribution in [1.29, 1.82) is 0 Å². The highest BCUT2D eigenvalue weighted by atomic mass is 35.5. The molecule has 1 aromatic heterocycles. The van der Waals surface area contributed by atoms with Gasteiger partial charge in [-0.15, -0.1) is 0 Å². The van der Waals surface area contributed by atoms with Crippen LogP contribution >= 0.6 is 11.6 Å². The number of nitrogens with one attached hydrogen (secondary N) is 2. The second-order valence-corrected chi connectivity index (χ2v) is 5.56. The summed E-state index contributed by atoms with van der Waals surface area (Å²) in [6, 6.07) is 9.45. The molecule has 5 heteroatoms. The molecule has 0 spiro atoms. The Morgan fingerprint density at radius 2 is 2.00 bits per heavy atom. The number of aryl methyl sites for hydroxylation is 1. The number of hydrogen-bond donors (Lipinski definition) is 2. The molecule has 0 aliphatic rings. The zero-order chi connectivity index (χ0) is 14.5. The normalized spacial score (nSPS) is 10.7. The third-order valence-electron chi connectivity index (χ3n) is 2.62. The molecular weight excluding hydrogens is 272 g/mol. The highest BCUT2D eigenvalue weighted by Gasteiger charge is 2.04. The van der Waals surface area contributed by atoms with Gasteiger partial charge in [0, 0.05) is 29.0 Å². The third-order valence-corrected chi connectivity index (χ3v) is 2.85. The topological polar surface area (TPSA) is 49.8 Å². The average molecular weight is 291 g/mol. The number of nitrogens with zero attached hydrogens (tertiary/aromatic N) is 2. The maximum Gasteiger partial charge on any atom is 0.224 e. The summed E-state index contributed by atoms with van der Waals surface area (Å²) in [5.74, 6) is 1.94. The van der Waals surface area contributed by atoms with E-state index in [1.165, 1.54) is 0 Å². The first-order valence-electron chi connectivity index (χ1n) is 6.65. The second kappa shape index (κ2) is 6.57. The van der Waals surface area contributed by atoms with Crippen LogP contribution in [0.4, 0.5) is 17.5 Å². The van der Waals surface area contributed by atoms with Crippen LogP contribution < -0.4 is 10.6 Å². The van der Waals surface area contributed by atoms with Crippen molar-refractivity contribution >= 4 is 29.1 Å². The predicted molar refractivity (Wildman–Crippen MR) is 84.8 cm³/mol. The number of hydrogen-bond acceptors (Lipinski definition) is 4. The van der Waals surface area contributed by atoms with Crippen LogP contribution in [0.1, 0.15) is 19.5 Å².